The Hall–Kier alpha value is -1.91. The minimum atomic E-state index is -0.603. The molecule has 0 bridgehead atoms. The van der Waals surface area contributed by atoms with Crippen molar-refractivity contribution in [1.29, 1.82) is 0 Å². The molecule has 0 aliphatic heterocycles. The van der Waals surface area contributed by atoms with Gasteiger partial charge in [-0.25, -0.2) is 0 Å². The van der Waals surface area contributed by atoms with Crippen LogP contribution in [-0.2, 0) is 16.0 Å². The van der Waals surface area contributed by atoms with E-state index in [-0.39, 0.29) is 18.6 Å². The SMILES string of the molecule is CN(C)c1ccnc(CC(=O)CC(N)=O)c1. The summed E-state index contributed by atoms with van der Waals surface area (Å²) in [5.41, 5.74) is 6.56. The van der Waals surface area contributed by atoms with Gasteiger partial charge in [-0.15, -0.1) is 0 Å². The number of nitrogens with zero attached hydrogens (tertiary/aromatic N) is 2. The van der Waals surface area contributed by atoms with Gasteiger partial charge in [0.25, 0.3) is 0 Å². The van der Waals surface area contributed by atoms with Crippen LogP contribution in [0.4, 0.5) is 5.69 Å². The maximum atomic E-state index is 11.3. The van der Waals surface area contributed by atoms with E-state index in [1.54, 1.807) is 6.20 Å². The standard InChI is InChI=1S/C11H15N3O2/c1-14(2)9-3-4-13-8(5-9)6-10(15)7-11(12)16/h3-5H,6-7H2,1-2H3,(H2,12,16). The van der Waals surface area contributed by atoms with E-state index in [1.165, 1.54) is 0 Å². The molecule has 0 saturated carbocycles. The third-order valence-electron chi connectivity index (χ3n) is 2.07. The van der Waals surface area contributed by atoms with Gasteiger partial charge in [0.15, 0.2) is 0 Å². The zero-order valence-electron chi connectivity index (χ0n) is 9.43. The number of hydrogen-bond donors (Lipinski definition) is 1. The Labute approximate surface area is 94.3 Å². The first kappa shape index (κ1) is 12.2. The predicted molar refractivity (Wildman–Crippen MR) is 61.1 cm³/mol. The van der Waals surface area contributed by atoms with Crippen LogP contribution in [0, 0.1) is 0 Å². The molecule has 1 aromatic rings. The second-order valence-electron chi connectivity index (χ2n) is 3.76. The molecular weight excluding hydrogens is 206 g/mol. The Kier molecular flexibility index (Phi) is 3.99. The summed E-state index contributed by atoms with van der Waals surface area (Å²) in [4.78, 5) is 27.9. The molecule has 0 atom stereocenters. The molecule has 0 radical (unpaired) electrons. The van der Waals surface area contributed by atoms with Gasteiger partial charge in [0, 0.05) is 38.1 Å². The number of hydrogen-bond acceptors (Lipinski definition) is 4. The fraction of sp³-hybridized carbons (Fsp3) is 0.364. The first-order chi connectivity index (χ1) is 7.49. The maximum Gasteiger partial charge on any atom is 0.224 e. The molecule has 0 unspecified atom stereocenters. The third-order valence-corrected chi connectivity index (χ3v) is 2.07. The number of anilines is 1. The van der Waals surface area contributed by atoms with E-state index in [0.717, 1.165) is 5.69 Å². The summed E-state index contributed by atoms with van der Waals surface area (Å²) in [5, 5.41) is 0. The lowest BCUT2D eigenvalue weighted by Gasteiger charge is -2.12. The zero-order chi connectivity index (χ0) is 12.1. The van der Waals surface area contributed by atoms with Crippen LogP contribution in [0.1, 0.15) is 12.1 Å². The number of Topliss-reactive ketones (excluding diaryl/α,β-unsaturated/α-hetero) is 1. The van der Waals surface area contributed by atoms with Crippen LogP contribution in [-0.4, -0.2) is 30.8 Å². The summed E-state index contributed by atoms with van der Waals surface area (Å²) in [5.74, 6) is -0.815. The molecule has 1 aromatic heterocycles. The summed E-state index contributed by atoms with van der Waals surface area (Å²) >= 11 is 0. The number of pyridine rings is 1. The lowest BCUT2D eigenvalue weighted by atomic mass is 10.1. The van der Waals surface area contributed by atoms with Crippen LogP contribution in [0.3, 0.4) is 0 Å². The van der Waals surface area contributed by atoms with E-state index >= 15 is 0 Å². The average molecular weight is 221 g/mol. The van der Waals surface area contributed by atoms with Gasteiger partial charge < -0.3 is 10.6 Å². The van der Waals surface area contributed by atoms with Crippen molar-refractivity contribution in [2.75, 3.05) is 19.0 Å². The first-order valence-electron chi connectivity index (χ1n) is 4.91. The highest BCUT2D eigenvalue weighted by atomic mass is 16.2. The predicted octanol–water partition coefficient (Wildman–Crippen LogP) is 0.135. The molecule has 86 valence electrons. The molecule has 0 aliphatic rings. The fourth-order valence-electron chi connectivity index (χ4n) is 1.30. The monoisotopic (exact) mass is 221 g/mol. The van der Waals surface area contributed by atoms with Crippen molar-refractivity contribution in [3.8, 4) is 0 Å². The van der Waals surface area contributed by atoms with Crippen LogP contribution >= 0.6 is 0 Å². The molecule has 0 aliphatic carbocycles. The van der Waals surface area contributed by atoms with Crippen molar-refractivity contribution < 1.29 is 9.59 Å². The molecule has 0 spiro atoms. The van der Waals surface area contributed by atoms with Crippen LogP contribution in [0.2, 0.25) is 0 Å². The van der Waals surface area contributed by atoms with Gasteiger partial charge in [0.1, 0.15) is 5.78 Å². The number of nitrogens with two attached hydrogens (primary N) is 1. The number of rotatable bonds is 5. The number of ketones is 1. The second-order valence-corrected chi connectivity index (χ2v) is 3.76. The highest BCUT2D eigenvalue weighted by molar-refractivity contribution is 5.98. The van der Waals surface area contributed by atoms with E-state index in [1.807, 2.05) is 31.1 Å². The number of aromatic nitrogens is 1. The van der Waals surface area contributed by atoms with E-state index in [4.69, 9.17) is 5.73 Å². The highest BCUT2D eigenvalue weighted by Gasteiger charge is 2.08. The Bertz CT molecular complexity index is 402. The second kappa shape index (κ2) is 5.25. The lowest BCUT2D eigenvalue weighted by Crippen LogP contribution is -2.18. The Balaban J connectivity index is 2.70. The third kappa shape index (κ3) is 3.68. The maximum absolute atomic E-state index is 11.3. The van der Waals surface area contributed by atoms with Gasteiger partial charge in [-0.1, -0.05) is 0 Å². The van der Waals surface area contributed by atoms with E-state index in [0.29, 0.717) is 5.69 Å². The topological polar surface area (TPSA) is 76.3 Å². The summed E-state index contributed by atoms with van der Waals surface area (Å²) in [6.45, 7) is 0. The summed E-state index contributed by atoms with van der Waals surface area (Å²) < 4.78 is 0. The molecule has 0 saturated heterocycles. The number of amides is 1. The smallest absolute Gasteiger partial charge is 0.224 e. The van der Waals surface area contributed by atoms with Gasteiger partial charge in [-0.05, 0) is 12.1 Å². The van der Waals surface area contributed by atoms with Gasteiger partial charge in [-0.3, -0.25) is 14.6 Å². The van der Waals surface area contributed by atoms with Crippen molar-refractivity contribution in [1.82, 2.24) is 4.98 Å². The minimum Gasteiger partial charge on any atom is -0.378 e. The fourth-order valence-corrected chi connectivity index (χ4v) is 1.30. The first-order valence-corrected chi connectivity index (χ1v) is 4.91. The van der Waals surface area contributed by atoms with Crippen LogP contribution in [0.15, 0.2) is 18.3 Å². The quantitative estimate of drug-likeness (QED) is 0.717. The minimum absolute atomic E-state index is 0.143. The molecule has 1 rings (SSSR count). The molecular formula is C11H15N3O2. The molecule has 1 heterocycles. The summed E-state index contributed by atoms with van der Waals surface area (Å²) in [6.07, 6.45) is 1.56. The Morgan fingerprint density at radius 2 is 2.12 bits per heavy atom. The Morgan fingerprint density at radius 1 is 1.44 bits per heavy atom. The van der Waals surface area contributed by atoms with E-state index in [9.17, 15) is 9.59 Å². The van der Waals surface area contributed by atoms with Crippen molar-refractivity contribution >= 4 is 17.4 Å². The average Bonchev–Trinajstić information content (AvgIpc) is 2.16. The zero-order valence-corrected chi connectivity index (χ0v) is 9.43. The molecule has 5 nitrogen and oxygen atoms in total. The van der Waals surface area contributed by atoms with Gasteiger partial charge in [0.05, 0.1) is 6.42 Å². The van der Waals surface area contributed by atoms with Crippen LogP contribution in [0.25, 0.3) is 0 Å². The van der Waals surface area contributed by atoms with Crippen molar-refractivity contribution in [2.45, 2.75) is 12.8 Å². The van der Waals surface area contributed by atoms with Crippen LogP contribution in [0.5, 0.6) is 0 Å². The summed E-state index contributed by atoms with van der Waals surface area (Å²) in [7, 11) is 3.81. The normalized spacial score (nSPS) is 9.88. The molecule has 0 aromatic carbocycles. The molecule has 5 heteroatoms. The van der Waals surface area contributed by atoms with E-state index < -0.39 is 5.91 Å². The molecule has 1 amide bonds. The number of primary amides is 1. The van der Waals surface area contributed by atoms with Gasteiger partial charge in [0.2, 0.25) is 5.91 Å². The number of carbonyl (C=O) groups is 2. The van der Waals surface area contributed by atoms with Crippen LogP contribution < -0.4 is 10.6 Å². The number of carbonyl (C=O) groups excluding carboxylic acids is 2. The van der Waals surface area contributed by atoms with Crippen molar-refractivity contribution in [3.63, 3.8) is 0 Å². The van der Waals surface area contributed by atoms with Gasteiger partial charge in [-0.2, -0.15) is 0 Å². The van der Waals surface area contributed by atoms with Crippen molar-refractivity contribution in [3.05, 3.63) is 24.0 Å². The van der Waals surface area contributed by atoms with Crippen molar-refractivity contribution in [2.24, 2.45) is 5.73 Å². The molecule has 2 N–H and O–H groups in total. The molecule has 16 heavy (non-hydrogen) atoms. The Morgan fingerprint density at radius 3 is 2.69 bits per heavy atom. The van der Waals surface area contributed by atoms with E-state index in [2.05, 4.69) is 4.98 Å². The molecule has 0 fully saturated rings. The lowest BCUT2D eigenvalue weighted by molar-refractivity contribution is -0.126. The largest absolute Gasteiger partial charge is 0.378 e. The highest BCUT2D eigenvalue weighted by Crippen LogP contribution is 2.11. The summed E-state index contributed by atoms with van der Waals surface area (Å²) in [6, 6.07) is 3.67. The van der Waals surface area contributed by atoms with Gasteiger partial charge >= 0.3 is 0 Å².